The van der Waals surface area contributed by atoms with Gasteiger partial charge in [-0.1, -0.05) is 12.8 Å². The predicted octanol–water partition coefficient (Wildman–Crippen LogP) is 3.39. The van der Waals surface area contributed by atoms with Crippen LogP contribution in [0.4, 0.5) is 5.69 Å². The fourth-order valence-corrected chi connectivity index (χ4v) is 2.75. The average Bonchev–Trinajstić information content (AvgIpc) is 3.17. The first-order valence-electron chi connectivity index (χ1n) is 7.53. The summed E-state index contributed by atoms with van der Waals surface area (Å²) in [4.78, 5) is 0. The third-order valence-corrected chi connectivity index (χ3v) is 3.98. The number of rotatable bonds is 5. The molecule has 1 aliphatic carbocycles. The lowest BCUT2D eigenvalue weighted by Gasteiger charge is -2.08. The van der Waals surface area contributed by atoms with Gasteiger partial charge in [0, 0.05) is 30.5 Å². The molecule has 1 fully saturated rings. The molecule has 0 bridgehead atoms. The van der Waals surface area contributed by atoms with Crippen LogP contribution in [0.5, 0.6) is 0 Å². The summed E-state index contributed by atoms with van der Waals surface area (Å²) in [5, 5.41) is 12.2. The van der Waals surface area contributed by atoms with Crippen LogP contribution in [0.25, 0.3) is 0 Å². The first kappa shape index (κ1) is 13.2. The van der Waals surface area contributed by atoms with Crippen molar-refractivity contribution in [1.82, 2.24) is 19.6 Å². The molecule has 0 aromatic carbocycles. The molecule has 2 heterocycles. The average molecular weight is 273 g/mol. The van der Waals surface area contributed by atoms with Crippen molar-refractivity contribution in [3.05, 3.63) is 30.4 Å². The summed E-state index contributed by atoms with van der Waals surface area (Å²) in [5.41, 5.74) is 2.29. The van der Waals surface area contributed by atoms with Crippen molar-refractivity contribution >= 4 is 5.69 Å². The highest BCUT2D eigenvalue weighted by atomic mass is 15.3. The second-order valence-corrected chi connectivity index (χ2v) is 5.92. The van der Waals surface area contributed by atoms with Crippen molar-refractivity contribution < 1.29 is 0 Å². The zero-order chi connectivity index (χ0) is 13.9. The molecule has 0 saturated heterocycles. The third kappa shape index (κ3) is 2.86. The minimum atomic E-state index is 0.399. The van der Waals surface area contributed by atoms with Gasteiger partial charge in [-0.2, -0.15) is 10.2 Å². The van der Waals surface area contributed by atoms with E-state index in [1.54, 1.807) is 0 Å². The van der Waals surface area contributed by atoms with Crippen molar-refractivity contribution in [2.24, 2.45) is 0 Å². The Hall–Kier alpha value is -1.78. The highest BCUT2D eigenvalue weighted by Crippen LogP contribution is 2.28. The van der Waals surface area contributed by atoms with Gasteiger partial charge in [-0.15, -0.1) is 0 Å². The Kier molecular flexibility index (Phi) is 3.76. The van der Waals surface area contributed by atoms with Crippen molar-refractivity contribution in [2.75, 3.05) is 5.32 Å². The highest BCUT2D eigenvalue weighted by molar-refractivity contribution is 5.38. The summed E-state index contributed by atoms with van der Waals surface area (Å²) in [6.07, 6.45) is 13.3. The molecule has 0 amide bonds. The van der Waals surface area contributed by atoms with E-state index < -0.39 is 0 Å². The van der Waals surface area contributed by atoms with E-state index in [2.05, 4.69) is 40.2 Å². The molecule has 1 aliphatic rings. The molecule has 0 atom stereocenters. The van der Waals surface area contributed by atoms with E-state index in [9.17, 15) is 0 Å². The molecular formula is C15H23N5. The third-order valence-electron chi connectivity index (χ3n) is 3.98. The molecule has 0 aliphatic heterocycles. The van der Waals surface area contributed by atoms with Gasteiger partial charge in [-0.3, -0.25) is 9.36 Å². The maximum absolute atomic E-state index is 4.50. The SMILES string of the molecule is CC(C)n1cc(NCc2cnn(C3CCCC3)c2)cn1. The quantitative estimate of drug-likeness (QED) is 0.908. The van der Waals surface area contributed by atoms with Crippen molar-refractivity contribution in [2.45, 2.75) is 58.2 Å². The van der Waals surface area contributed by atoms with E-state index in [0.717, 1.165) is 12.2 Å². The van der Waals surface area contributed by atoms with Crippen LogP contribution >= 0.6 is 0 Å². The van der Waals surface area contributed by atoms with Gasteiger partial charge in [0.1, 0.15) is 0 Å². The fourth-order valence-electron chi connectivity index (χ4n) is 2.75. The Balaban J connectivity index is 1.57. The molecule has 2 aromatic heterocycles. The van der Waals surface area contributed by atoms with E-state index in [1.165, 1.54) is 31.2 Å². The molecule has 2 aromatic rings. The molecule has 0 spiro atoms. The Morgan fingerprint density at radius 1 is 1.20 bits per heavy atom. The monoisotopic (exact) mass is 273 g/mol. The van der Waals surface area contributed by atoms with Gasteiger partial charge >= 0.3 is 0 Å². The van der Waals surface area contributed by atoms with E-state index in [4.69, 9.17) is 0 Å². The lowest BCUT2D eigenvalue weighted by Crippen LogP contribution is -2.04. The molecule has 0 radical (unpaired) electrons. The predicted molar refractivity (Wildman–Crippen MR) is 79.7 cm³/mol. The second-order valence-electron chi connectivity index (χ2n) is 5.92. The fraction of sp³-hybridized carbons (Fsp3) is 0.600. The van der Waals surface area contributed by atoms with E-state index >= 15 is 0 Å². The van der Waals surface area contributed by atoms with Gasteiger partial charge in [0.25, 0.3) is 0 Å². The first-order valence-corrected chi connectivity index (χ1v) is 7.53. The number of hydrogen-bond acceptors (Lipinski definition) is 3. The zero-order valence-electron chi connectivity index (χ0n) is 12.3. The first-order chi connectivity index (χ1) is 9.72. The van der Waals surface area contributed by atoms with Gasteiger partial charge < -0.3 is 5.32 Å². The maximum Gasteiger partial charge on any atom is 0.0729 e. The maximum atomic E-state index is 4.50. The molecule has 108 valence electrons. The number of anilines is 1. The summed E-state index contributed by atoms with van der Waals surface area (Å²) >= 11 is 0. The van der Waals surface area contributed by atoms with Crippen LogP contribution in [0.15, 0.2) is 24.8 Å². The Labute approximate surface area is 120 Å². The number of nitrogens with one attached hydrogen (secondary N) is 1. The minimum Gasteiger partial charge on any atom is -0.378 e. The Bertz CT molecular complexity index is 548. The molecular weight excluding hydrogens is 250 g/mol. The molecule has 5 heteroatoms. The lowest BCUT2D eigenvalue weighted by molar-refractivity contribution is 0.466. The van der Waals surface area contributed by atoms with Crippen molar-refractivity contribution in [3.8, 4) is 0 Å². The second kappa shape index (κ2) is 5.69. The van der Waals surface area contributed by atoms with E-state index in [1.807, 2.05) is 23.3 Å². The number of hydrogen-bond donors (Lipinski definition) is 1. The van der Waals surface area contributed by atoms with Gasteiger partial charge in [-0.05, 0) is 26.7 Å². The van der Waals surface area contributed by atoms with Gasteiger partial charge in [0.15, 0.2) is 0 Å². The van der Waals surface area contributed by atoms with Crippen molar-refractivity contribution in [1.29, 1.82) is 0 Å². The zero-order valence-corrected chi connectivity index (χ0v) is 12.3. The summed E-state index contributed by atoms with van der Waals surface area (Å²) < 4.78 is 4.10. The van der Waals surface area contributed by atoms with Crippen LogP contribution in [0.2, 0.25) is 0 Å². The van der Waals surface area contributed by atoms with Crippen LogP contribution in [0, 0.1) is 0 Å². The van der Waals surface area contributed by atoms with Crippen LogP contribution < -0.4 is 5.32 Å². The minimum absolute atomic E-state index is 0.399. The van der Waals surface area contributed by atoms with Crippen LogP contribution in [0.1, 0.15) is 57.2 Å². The largest absolute Gasteiger partial charge is 0.378 e. The van der Waals surface area contributed by atoms with Crippen LogP contribution in [-0.2, 0) is 6.54 Å². The molecule has 1 N–H and O–H groups in total. The standard InChI is InChI=1S/C15H23N5/c1-12(2)19-11-14(9-18-19)16-7-13-8-17-20(10-13)15-5-3-4-6-15/h8-12,15-16H,3-7H2,1-2H3. The molecule has 3 rings (SSSR count). The number of aromatic nitrogens is 4. The topological polar surface area (TPSA) is 47.7 Å². The van der Waals surface area contributed by atoms with E-state index in [0.29, 0.717) is 12.1 Å². The summed E-state index contributed by atoms with van der Waals surface area (Å²) in [6, 6.07) is 1.02. The summed E-state index contributed by atoms with van der Waals surface area (Å²) in [7, 11) is 0. The Morgan fingerprint density at radius 2 is 2.00 bits per heavy atom. The van der Waals surface area contributed by atoms with Gasteiger partial charge in [0.05, 0.1) is 24.1 Å². The number of nitrogens with zero attached hydrogens (tertiary/aromatic N) is 4. The smallest absolute Gasteiger partial charge is 0.0729 e. The molecule has 0 unspecified atom stereocenters. The normalized spacial score (nSPS) is 16.1. The molecule has 5 nitrogen and oxygen atoms in total. The molecule has 1 saturated carbocycles. The highest BCUT2D eigenvalue weighted by Gasteiger charge is 2.17. The van der Waals surface area contributed by atoms with E-state index in [-0.39, 0.29) is 0 Å². The molecule has 20 heavy (non-hydrogen) atoms. The van der Waals surface area contributed by atoms with Crippen LogP contribution in [-0.4, -0.2) is 19.6 Å². The lowest BCUT2D eigenvalue weighted by atomic mass is 10.2. The van der Waals surface area contributed by atoms with Gasteiger partial charge in [0.2, 0.25) is 0 Å². The summed E-state index contributed by atoms with van der Waals surface area (Å²) in [6.45, 7) is 5.06. The van der Waals surface area contributed by atoms with Crippen LogP contribution in [0.3, 0.4) is 0 Å². The van der Waals surface area contributed by atoms with Crippen molar-refractivity contribution in [3.63, 3.8) is 0 Å². The summed E-state index contributed by atoms with van der Waals surface area (Å²) in [5.74, 6) is 0. The van der Waals surface area contributed by atoms with Gasteiger partial charge in [-0.25, -0.2) is 0 Å². The Morgan fingerprint density at radius 3 is 2.70 bits per heavy atom.